The molecule has 0 aromatic carbocycles. The summed E-state index contributed by atoms with van der Waals surface area (Å²) in [6, 6.07) is 1.57. The molecule has 126 valence electrons. The van der Waals surface area contributed by atoms with Gasteiger partial charge in [0.15, 0.2) is 0 Å². The number of likely N-dealkylation sites (tertiary alicyclic amines) is 2. The second-order valence-corrected chi connectivity index (χ2v) is 7.69. The molecule has 0 bridgehead atoms. The van der Waals surface area contributed by atoms with Crippen LogP contribution < -0.4 is 5.32 Å². The van der Waals surface area contributed by atoms with Crippen LogP contribution in [0.2, 0.25) is 0 Å². The van der Waals surface area contributed by atoms with E-state index in [9.17, 15) is 4.79 Å². The Morgan fingerprint density at radius 2 is 1.64 bits per heavy atom. The molecule has 1 N–H and O–H groups in total. The third kappa shape index (κ3) is 3.48. The monoisotopic (exact) mass is 307 g/mol. The average Bonchev–Trinajstić information content (AvgIpc) is 2.55. The van der Waals surface area contributed by atoms with Crippen molar-refractivity contribution in [2.24, 2.45) is 5.92 Å². The van der Waals surface area contributed by atoms with Crippen molar-refractivity contribution in [1.29, 1.82) is 0 Å². The smallest absolute Gasteiger partial charge is 0.227 e. The second kappa shape index (κ2) is 7.31. The molecule has 0 radical (unpaired) electrons. The van der Waals surface area contributed by atoms with Crippen molar-refractivity contribution in [3.63, 3.8) is 0 Å². The maximum absolute atomic E-state index is 13.1. The summed E-state index contributed by atoms with van der Waals surface area (Å²) < 4.78 is 0. The van der Waals surface area contributed by atoms with Crippen molar-refractivity contribution in [3.8, 4) is 0 Å². The summed E-state index contributed by atoms with van der Waals surface area (Å²) in [5.74, 6) is 0.685. The quantitative estimate of drug-likeness (QED) is 0.850. The molecule has 3 atom stereocenters. The van der Waals surface area contributed by atoms with Gasteiger partial charge in [-0.3, -0.25) is 9.69 Å². The second-order valence-electron chi connectivity index (χ2n) is 7.69. The van der Waals surface area contributed by atoms with Crippen molar-refractivity contribution in [2.45, 2.75) is 76.9 Å². The van der Waals surface area contributed by atoms with Crippen LogP contribution in [0.25, 0.3) is 0 Å². The Hall–Kier alpha value is -0.610. The number of rotatable bonds is 2. The van der Waals surface area contributed by atoms with Crippen LogP contribution in [0.3, 0.4) is 0 Å². The molecule has 3 rings (SSSR count). The van der Waals surface area contributed by atoms with Gasteiger partial charge in [0.2, 0.25) is 5.91 Å². The molecule has 1 amide bonds. The van der Waals surface area contributed by atoms with E-state index in [1.807, 2.05) is 0 Å². The summed E-state index contributed by atoms with van der Waals surface area (Å²) in [4.78, 5) is 17.9. The Bertz CT molecular complexity index is 371. The fraction of sp³-hybridized carbons (Fsp3) is 0.944. The lowest BCUT2D eigenvalue weighted by Crippen LogP contribution is -2.54. The fourth-order valence-electron chi connectivity index (χ4n) is 4.78. The molecular weight excluding hydrogens is 274 g/mol. The van der Waals surface area contributed by atoms with Crippen LogP contribution >= 0.6 is 0 Å². The lowest BCUT2D eigenvalue weighted by atomic mass is 9.90. The van der Waals surface area contributed by atoms with Crippen molar-refractivity contribution in [3.05, 3.63) is 0 Å². The summed E-state index contributed by atoms with van der Waals surface area (Å²) in [6.07, 6.45) is 8.42. The molecule has 1 unspecified atom stereocenters. The van der Waals surface area contributed by atoms with Crippen LogP contribution in [-0.4, -0.2) is 60.0 Å². The van der Waals surface area contributed by atoms with E-state index in [2.05, 4.69) is 29.0 Å². The summed E-state index contributed by atoms with van der Waals surface area (Å²) in [5.41, 5.74) is 0. The van der Waals surface area contributed by atoms with Gasteiger partial charge in [0.05, 0.1) is 5.92 Å². The van der Waals surface area contributed by atoms with Crippen LogP contribution in [0.15, 0.2) is 0 Å². The largest absolute Gasteiger partial charge is 0.337 e. The minimum absolute atomic E-state index is 0.242. The Morgan fingerprint density at radius 1 is 0.955 bits per heavy atom. The van der Waals surface area contributed by atoms with Gasteiger partial charge in [-0.25, -0.2) is 0 Å². The lowest BCUT2D eigenvalue weighted by Gasteiger charge is -2.44. The first-order valence-corrected chi connectivity index (χ1v) is 9.43. The van der Waals surface area contributed by atoms with Gasteiger partial charge in [0.25, 0.3) is 0 Å². The van der Waals surface area contributed by atoms with E-state index >= 15 is 0 Å². The van der Waals surface area contributed by atoms with E-state index in [1.54, 1.807) is 0 Å². The Kier molecular flexibility index (Phi) is 5.40. The van der Waals surface area contributed by atoms with Gasteiger partial charge >= 0.3 is 0 Å². The Balaban J connectivity index is 1.62. The molecule has 0 aromatic heterocycles. The number of nitrogens with zero attached hydrogens (tertiary/aromatic N) is 2. The zero-order valence-corrected chi connectivity index (χ0v) is 14.4. The van der Waals surface area contributed by atoms with E-state index in [-0.39, 0.29) is 5.92 Å². The van der Waals surface area contributed by atoms with Gasteiger partial charge in [-0.15, -0.1) is 0 Å². The maximum Gasteiger partial charge on any atom is 0.227 e. The van der Waals surface area contributed by atoms with E-state index in [0.717, 1.165) is 26.1 Å². The van der Waals surface area contributed by atoms with E-state index in [0.29, 0.717) is 24.0 Å². The molecule has 4 nitrogen and oxygen atoms in total. The number of hydrogen-bond acceptors (Lipinski definition) is 3. The van der Waals surface area contributed by atoms with Crippen LogP contribution in [0.4, 0.5) is 0 Å². The van der Waals surface area contributed by atoms with Crippen LogP contribution in [0, 0.1) is 5.92 Å². The topological polar surface area (TPSA) is 35.6 Å². The Labute approximate surface area is 135 Å². The van der Waals surface area contributed by atoms with Crippen molar-refractivity contribution >= 4 is 5.91 Å². The van der Waals surface area contributed by atoms with Crippen molar-refractivity contribution in [2.75, 3.05) is 26.2 Å². The average molecular weight is 307 g/mol. The molecule has 4 heteroatoms. The van der Waals surface area contributed by atoms with Crippen LogP contribution in [-0.2, 0) is 4.79 Å². The predicted octanol–water partition coefficient (Wildman–Crippen LogP) is 2.24. The third-order valence-electron chi connectivity index (χ3n) is 6.08. The van der Waals surface area contributed by atoms with Gasteiger partial charge in [-0.1, -0.05) is 0 Å². The SMILES string of the molecule is C[C@@H]1CCC[C@H](C)N1C(=O)C1CCCN(C2CCNCC2)C1. The number of amides is 1. The number of carbonyl (C=O) groups is 1. The highest BCUT2D eigenvalue weighted by Gasteiger charge is 2.36. The number of nitrogens with one attached hydrogen (secondary N) is 1. The van der Waals surface area contributed by atoms with Gasteiger partial charge in [-0.05, 0) is 78.4 Å². The zero-order valence-electron chi connectivity index (χ0n) is 14.4. The molecule has 3 heterocycles. The number of piperidine rings is 3. The normalized spacial score (nSPS) is 35.5. The minimum atomic E-state index is 0.242. The number of hydrogen-bond donors (Lipinski definition) is 1. The van der Waals surface area contributed by atoms with E-state index in [1.165, 1.54) is 45.1 Å². The molecule has 3 aliphatic heterocycles. The molecule has 3 fully saturated rings. The first-order chi connectivity index (χ1) is 10.7. The highest BCUT2D eigenvalue weighted by Crippen LogP contribution is 2.29. The first-order valence-electron chi connectivity index (χ1n) is 9.43. The highest BCUT2D eigenvalue weighted by atomic mass is 16.2. The van der Waals surface area contributed by atoms with E-state index < -0.39 is 0 Å². The molecule has 22 heavy (non-hydrogen) atoms. The predicted molar refractivity (Wildman–Crippen MR) is 89.8 cm³/mol. The lowest BCUT2D eigenvalue weighted by molar-refractivity contribution is -0.144. The van der Waals surface area contributed by atoms with Gasteiger partial charge in [0.1, 0.15) is 0 Å². The highest BCUT2D eigenvalue weighted by molar-refractivity contribution is 5.80. The van der Waals surface area contributed by atoms with Crippen molar-refractivity contribution < 1.29 is 4.79 Å². The summed E-state index contributed by atoms with van der Waals surface area (Å²) in [6.45, 7) is 8.95. The molecule has 0 aliphatic carbocycles. The molecule has 3 saturated heterocycles. The molecular formula is C18H33N3O. The number of carbonyl (C=O) groups excluding carboxylic acids is 1. The van der Waals surface area contributed by atoms with E-state index in [4.69, 9.17) is 0 Å². The van der Waals surface area contributed by atoms with Crippen LogP contribution in [0.5, 0.6) is 0 Å². The van der Waals surface area contributed by atoms with Gasteiger partial charge in [0, 0.05) is 24.7 Å². The van der Waals surface area contributed by atoms with Gasteiger partial charge in [-0.2, -0.15) is 0 Å². The molecule has 0 spiro atoms. The maximum atomic E-state index is 13.1. The summed E-state index contributed by atoms with van der Waals surface area (Å²) in [5, 5.41) is 3.45. The fourth-order valence-corrected chi connectivity index (χ4v) is 4.78. The zero-order chi connectivity index (χ0) is 15.5. The Morgan fingerprint density at radius 3 is 2.32 bits per heavy atom. The van der Waals surface area contributed by atoms with Crippen molar-refractivity contribution in [1.82, 2.24) is 15.1 Å². The minimum Gasteiger partial charge on any atom is -0.337 e. The summed E-state index contributed by atoms with van der Waals surface area (Å²) in [7, 11) is 0. The molecule has 0 aromatic rings. The van der Waals surface area contributed by atoms with Crippen LogP contribution in [0.1, 0.15) is 58.8 Å². The first kappa shape index (κ1) is 16.3. The third-order valence-corrected chi connectivity index (χ3v) is 6.08. The molecule has 3 aliphatic rings. The van der Waals surface area contributed by atoms with Gasteiger partial charge < -0.3 is 10.2 Å². The summed E-state index contributed by atoms with van der Waals surface area (Å²) >= 11 is 0. The molecule has 0 saturated carbocycles. The standard InChI is InChI=1S/C18H33N3O/c1-14-5-3-6-15(2)21(14)18(22)16-7-4-12-20(13-16)17-8-10-19-11-9-17/h14-17,19H,3-13H2,1-2H3/t14-,15+,16?.